The van der Waals surface area contributed by atoms with E-state index in [0.717, 1.165) is 6.42 Å². The van der Waals surface area contributed by atoms with Crippen molar-refractivity contribution in [2.24, 2.45) is 5.73 Å². The maximum atomic E-state index is 13.5. The second-order valence-electron chi connectivity index (χ2n) is 5.28. The third kappa shape index (κ3) is 5.81. The molecule has 0 aliphatic carbocycles. The molecule has 5 nitrogen and oxygen atoms in total. The second-order valence-corrected chi connectivity index (χ2v) is 5.28. The molecule has 0 heterocycles. The number of carbonyl (C=O) groups excluding carboxylic acids is 1. The van der Waals surface area contributed by atoms with Crippen LogP contribution in [0.3, 0.4) is 0 Å². The normalized spacial score (nSPS) is 13.4. The van der Waals surface area contributed by atoms with Crippen molar-refractivity contribution in [3.63, 3.8) is 0 Å². The molecule has 1 aromatic carbocycles. The quantitative estimate of drug-likeness (QED) is 0.649. The van der Waals surface area contributed by atoms with Gasteiger partial charge in [-0.05, 0) is 37.3 Å². The number of carboxylic acid groups (broad SMARTS) is 1. The Bertz CT molecular complexity index is 508. The lowest BCUT2D eigenvalue weighted by Gasteiger charge is -2.17. The first-order valence-corrected chi connectivity index (χ1v) is 7.47. The lowest BCUT2D eigenvalue weighted by molar-refractivity contribution is -0.142. The Labute approximate surface area is 129 Å². The van der Waals surface area contributed by atoms with Gasteiger partial charge < -0.3 is 16.2 Å². The summed E-state index contributed by atoms with van der Waals surface area (Å²) in [6.07, 6.45) is 2.37. The van der Waals surface area contributed by atoms with Gasteiger partial charge in [0.05, 0.1) is 6.04 Å². The van der Waals surface area contributed by atoms with Crippen LogP contribution in [0.15, 0.2) is 24.3 Å². The third-order valence-corrected chi connectivity index (χ3v) is 3.45. The minimum atomic E-state index is -1.11. The highest BCUT2D eigenvalue weighted by Crippen LogP contribution is 2.11. The van der Waals surface area contributed by atoms with Crippen LogP contribution < -0.4 is 11.1 Å². The first kappa shape index (κ1) is 18.1. The number of amides is 1. The topological polar surface area (TPSA) is 92.4 Å². The van der Waals surface area contributed by atoms with Gasteiger partial charge in [0, 0.05) is 0 Å². The number of benzene rings is 1. The first-order chi connectivity index (χ1) is 10.5. The van der Waals surface area contributed by atoms with Gasteiger partial charge in [0.15, 0.2) is 0 Å². The van der Waals surface area contributed by atoms with E-state index in [1.54, 1.807) is 18.2 Å². The molecule has 2 atom stereocenters. The average Bonchev–Trinajstić information content (AvgIpc) is 2.48. The summed E-state index contributed by atoms with van der Waals surface area (Å²) in [5, 5.41) is 11.6. The van der Waals surface area contributed by atoms with Crippen LogP contribution in [-0.2, 0) is 16.0 Å². The molecule has 0 fully saturated rings. The highest BCUT2D eigenvalue weighted by atomic mass is 19.1. The van der Waals surface area contributed by atoms with Gasteiger partial charge in [-0.3, -0.25) is 4.79 Å². The van der Waals surface area contributed by atoms with Gasteiger partial charge in [-0.1, -0.05) is 31.5 Å². The highest BCUT2D eigenvalue weighted by Gasteiger charge is 2.22. The maximum absolute atomic E-state index is 13.5. The van der Waals surface area contributed by atoms with Crippen molar-refractivity contribution in [2.75, 3.05) is 0 Å². The van der Waals surface area contributed by atoms with Gasteiger partial charge in [0.1, 0.15) is 11.9 Å². The van der Waals surface area contributed by atoms with E-state index in [1.807, 2.05) is 6.92 Å². The van der Waals surface area contributed by atoms with Crippen LogP contribution in [0, 0.1) is 5.82 Å². The van der Waals surface area contributed by atoms with E-state index in [0.29, 0.717) is 24.8 Å². The fraction of sp³-hybridized carbons (Fsp3) is 0.500. The monoisotopic (exact) mass is 310 g/mol. The van der Waals surface area contributed by atoms with Crippen molar-refractivity contribution in [1.82, 2.24) is 5.32 Å². The van der Waals surface area contributed by atoms with E-state index in [1.165, 1.54) is 6.07 Å². The number of hydrogen-bond donors (Lipinski definition) is 3. The molecule has 0 saturated heterocycles. The molecule has 0 aliphatic heterocycles. The molecule has 4 N–H and O–H groups in total. The molecule has 0 bridgehead atoms. The number of nitrogens with one attached hydrogen (secondary N) is 1. The molecular weight excluding hydrogens is 287 g/mol. The Kier molecular flexibility index (Phi) is 7.52. The Morgan fingerprint density at radius 3 is 2.59 bits per heavy atom. The van der Waals surface area contributed by atoms with Gasteiger partial charge >= 0.3 is 5.97 Å². The molecule has 1 aromatic rings. The third-order valence-electron chi connectivity index (χ3n) is 3.45. The molecule has 6 heteroatoms. The Balaban J connectivity index is 2.50. The van der Waals surface area contributed by atoms with E-state index < -0.39 is 24.0 Å². The van der Waals surface area contributed by atoms with Crippen molar-refractivity contribution in [1.29, 1.82) is 0 Å². The minimum Gasteiger partial charge on any atom is -0.480 e. The summed E-state index contributed by atoms with van der Waals surface area (Å²) in [7, 11) is 0. The summed E-state index contributed by atoms with van der Waals surface area (Å²) in [6, 6.07) is 4.68. The Morgan fingerprint density at radius 2 is 2.00 bits per heavy atom. The zero-order valence-electron chi connectivity index (χ0n) is 12.7. The summed E-state index contributed by atoms with van der Waals surface area (Å²) in [6.45, 7) is 1.90. The number of hydrogen-bond acceptors (Lipinski definition) is 3. The van der Waals surface area contributed by atoms with E-state index in [9.17, 15) is 14.0 Å². The fourth-order valence-electron chi connectivity index (χ4n) is 2.18. The van der Waals surface area contributed by atoms with E-state index in [4.69, 9.17) is 10.8 Å². The van der Waals surface area contributed by atoms with Crippen molar-refractivity contribution in [3.8, 4) is 0 Å². The molecule has 0 saturated carbocycles. The average molecular weight is 310 g/mol. The van der Waals surface area contributed by atoms with Gasteiger partial charge in [-0.15, -0.1) is 0 Å². The molecule has 0 spiro atoms. The molecule has 1 unspecified atom stereocenters. The number of rotatable bonds is 9. The van der Waals surface area contributed by atoms with Crippen molar-refractivity contribution < 1.29 is 19.1 Å². The zero-order chi connectivity index (χ0) is 16.5. The van der Waals surface area contributed by atoms with E-state index >= 15 is 0 Å². The maximum Gasteiger partial charge on any atom is 0.326 e. The summed E-state index contributed by atoms with van der Waals surface area (Å²) >= 11 is 0. The smallest absolute Gasteiger partial charge is 0.326 e. The number of nitrogens with two attached hydrogens (primary N) is 1. The van der Waals surface area contributed by atoms with Gasteiger partial charge in [0.2, 0.25) is 5.91 Å². The van der Waals surface area contributed by atoms with Crippen molar-refractivity contribution in [3.05, 3.63) is 35.6 Å². The molecule has 0 aliphatic rings. The van der Waals surface area contributed by atoms with E-state index in [2.05, 4.69) is 5.32 Å². The molecule has 122 valence electrons. The number of halogens is 1. The largest absolute Gasteiger partial charge is 0.480 e. The number of carboxylic acids is 1. The standard InChI is InChI=1S/C16H23FN2O3/c1-2-6-13(18)15(20)19-14(16(21)22)10-5-8-11-7-3-4-9-12(11)17/h3-4,7,9,13-14H,2,5-6,8,10,18H2,1H3,(H,19,20)(H,21,22)/t13-,14?/m0/s1. The number of carbonyl (C=O) groups is 2. The van der Waals surface area contributed by atoms with E-state index in [-0.39, 0.29) is 12.2 Å². The van der Waals surface area contributed by atoms with Crippen LogP contribution >= 0.6 is 0 Å². The molecule has 0 aromatic heterocycles. The highest BCUT2D eigenvalue weighted by molar-refractivity contribution is 5.86. The molecule has 0 radical (unpaired) electrons. The van der Waals surface area contributed by atoms with Crippen LogP contribution in [-0.4, -0.2) is 29.1 Å². The van der Waals surface area contributed by atoms with Crippen LogP contribution in [0.5, 0.6) is 0 Å². The van der Waals surface area contributed by atoms with Crippen LogP contribution in [0.4, 0.5) is 4.39 Å². The molecule has 22 heavy (non-hydrogen) atoms. The van der Waals surface area contributed by atoms with Crippen LogP contribution in [0.25, 0.3) is 0 Å². The Morgan fingerprint density at radius 1 is 1.32 bits per heavy atom. The lowest BCUT2D eigenvalue weighted by Crippen LogP contribution is -2.48. The predicted molar refractivity (Wildman–Crippen MR) is 81.8 cm³/mol. The SMILES string of the molecule is CCC[C@H](N)C(=O)NC(CCCc1ccccc1F)C(=O)O. The summed E-state index contributed by atoms with van der Waals surface area (Å²) < 4.78 is 13.5. The summed E-state index contributed by atoms with van der Waals surface area (Å²) in [5.41, 5.74) is 6.20. The zero-order valence-corrected chi connectivity index (χ0v) is 12.7. The second kappa shape index (κ2) is 9.15. The Hall–Kier alpha value is -1.95. The molecular formula is C16H23FN2O3. The molecule has 1 amide bonds. The van der Waals surface area contributed by atoms with Crippen LogP contribution in [0.2, 0.25) is 0 Å². The minimum absolute atomic E-state index is 0.230. The van der Waals surface area contributed by atoms with Crippen molar-refractivity contribution in [2.45, 2.75) is 51.1 Å². The van der Waals surface area contributed by atoms with Crippen LogP contribution in [0.1, 0.15) is 38.2 Å². The van der Waals surface area contributed by atoms with Crippen molar-refractivity contribution >= 4 is 11.9 Å². The fourth-order valence-corrected chi connectivity index (χ4v) is 2.18. The van der Waals surface area contributed by atoms with Gasteiger partial charge in [-0.2, -0.15) is 0 Å². The summed E-state index contributed by atoms with van der Waals surface area (Å²) in [4.78, 5) is 23.0. The van der Waals surface area contributed by atoms with Gasteiger partial charge in [-0.25, -0.2) is 9.18 Å². The molecule has 1 rings (SSSR count). The van der Waals surface area contributed by atoms with Gasteiger partial charge in [0.25, 0.3) is 0 Å². The number of aryl methyl sites for hydroxylation is 1. The lowest BCUT2D eigenvalue weighted by atomic mass is 10.0. The number of aliphatic carboxylic acids is 1. The first-order valence-electron chi connectivity index (χ1n) is 7.47. The summed E-state index contributed by atoms with van der Waals surface area (Å²) in [5.74, 6) is -1.87. The predicted octanol–water partition coefficient (Wildman–Crippen LogP) is 1.85.